The molecule has 2 aromatic heterocycles. The van der Waals surface area contributed by atoms with E-state index in [2.05, 4.69) is 20.2 Å². The van der Waals surface area contributed by atoms with Gasteiger partial charge in [0, 0.05) is 25.5 Å². The fraction of sp³-hybridized carbons (Fsp3) is 0.333. The Morgan fingerprint density at radius 2 is 2.18 bits per heavy atom. The Hall–Kier alpha value is -2.38. The van der Waals surface area contributed by atoms with Crippen LogP contribution in [0, 0.1) is 0 Å². The molecule has 0 atom stereocenters. The average molecular weight is 233 g/mol. The van der Waals surface area contributed by atoms with Crippen LogP contribution in [0.3, 0.4) is 0 Å². The van der Waals surface area contributed by atoms with E-state index in [4.69, 9.17) is 5.73 Å². The molecule has 0 unspecified atom stereocenters. The summed E-state index contributed by atoms with van der Waals surface area (Å²) < 4.78 is 3.32. The number of fused-ring (bicyclic) bond motifs is 1. The molecule has 3 heterocycles. The van der Waals surface area contributed by atoms with Crippen molar-refractivity contribution < 1.29 is 0 Å². The third kappa shape index (κ3) is 1.45. The van der Waals surface area contributed by atoms with Gasteiger partial charge in [0.25, 0.3) is 5.56 Å². The van der Waals surface area contributed by atoms with Crippen LogP contribution in [0.1, 0.15) is 6.42 Å². The third-order valence-electron chi connectivity index (χ3n) is 2.72. The third-order valence-corrected chi connectivity index (χ3v) is 2.72. The van der Waals surface area contributed by atoms with E-state index in [1.165, 1.54) is 0 Å². The lowest BCUT2D eigenvalue weighted by Gasteiger charge is -1.98. The summed E-state index contributed by atoms with van der Waals surface area (Å²) in [6.07, 6.45) is 4.11. The first-order valence-corrected chi connectivity index (χ1v) is 5.27. The summed E-state index contributed by atoms with van der Waals surface area (Å²) in [5.74, 6) is 0.711. The zero-order chi connectivity index (χ0) is 11.8. The van der Waals surface area contributed by atoms with Crippen LogP contribution < -0.4 is 11.3 Å². The first-order valence-electron chi connectivity index (χ1n) is 5.27. The van der Waals surface area contributed by atoms with Gasteiger partial charge in [-0.3, -0.25) is 9.48 Å². The summed E-state index contributed by atoms with van der Waals surface area (Å²) in [5.41, 5.74) is 5.84. The van der Waals surface area contributed by atoms with Gasteiger partial charge < -0.3 is 10.7 Å². The van der Waals surface area contributed by atoms with E-state index in [-0.39, 0.29) is 11.2 Å². The highest BCUT2D eigenvalue weighted by molar-refractivity contribution is 5.56. The van der Waals surface area contributed by atoms with Gasteiger partial charge in [0.15, 0.2) is 11.5 Å². The van der Waals surface area contributed by atoms with Gasteiger partial charge in [-0.1, -0.05) is 0 Å². The van der Waals surface area contributed by atoms with Gasteiger partial charge in [0.1, 0.15) is 0 Å². The smallest absolute Gasteiger partial charge is 0.296 e. The van der Waals surface area contributed by atoms with E-state index in [1.54, 1.807) is 21.8 Å². The van der Waals surface area contributed by atoms with E-state index in [9.17, 15) is 4.79 Å². The number of H-pyrrole nitrogens is 1. The van der Waals surface area contributed by atoms with Gasteiger partial charge in [0.2, 0.25) is 5.95 Å². The Labute approximate surface area is 95.8 Å². The molecule has 8 nitrogen and oxygen atoms in total. The van der Waals surface area contributed by atoms with Crippen molar-refractivity contribution in [3.63, 3.8) is 0 Å². The second-order valence-corrected chi connectivity index (χ2v) is 3.75. The van der Waals surface area contributed by atoms with Crippen LogP contribution in [-0.2, 0) is 13.1 Å². The molecule has 0 bridgehead atoms. The fourth-order valence-electron chi connectivity index (χ4n) is 1.93. The predicted octanol–water partition coefficient (Wildman–Crippen LogP) is 0.774. The first kappa shape index (κ1) is 9.82. The summed E-state index contributed by atoms with van der Waals surface area (Å²) in [4.78, 5) is 18.6. The molecule has 0 aliphatic carbocycles. The van der Waals surface area contributed by atoms with Crippen molar-refractivity contribution in [1.29, 1.82) is 0 Å². The van der Waals surface area contributed by atoms with Crippen molar-refractivity contribution in [2.24, 2.45) is 10.2 Å². The number of imidazole rings is 1. The van der Waals surface area contributed by atoms with Crippen LogP contribution in [0.5, 0.6) is 0 Å². The minimum atomic E-state index is -0.199. The fourth-order valence-corrected chi connectivity index (χ4v) is 1.93. The molecule has 88 valence electrons. The van der Waals surface area contributed by atoms with Crippen molar-refractivity contribution in [2.75, 3.05) is 5.73 Å². The molecule has 2 aromatic rings. The molecule has 0 spiro atoms. The second kappa shape index (κ2) is 3.58. The zero-order valence-electron chi connectivity index (χ0n) is 9.00. The molecule has 1 aliphatic heterocycles. The van der Waals surface area contributed by atoms with E-state index in [0.717, 1.165) is 13.0 Å². The van der Waals surface area contributed by atoms with Crippen LogP contribution >= 0.6 is 0 Å². The number of anilines is 1. The number of nitrogens with one attached hydrogen (secondary N) is 1. The van der Waals surface area contributed by atoms with Crippen LogP contribution in [0.2, 0.25) is 0 Å². The quantitative estimate of drug-likeness (QED) is 0.748. The predicted molar refractivity (Wildman–Crippen MR) is 60.5 cm³/mol. The molecule has 0 radical (unpaired) electrons. The molecule has 0 amide bonds. The van der Waals surface area contributed by atoms with Gasteiger partial charge in [-0.05, 0) is 6.42 Å². The van der Waals surface area contributed by atoms with Crippen molar-refractivity contribution in [2.45, 2.75) is 19.5 Å². The highest BCUT2D eigenvalue weighted by Gasteiger charge is 2.21. The van der Waals surface area contributed by atoms with E-state index in [0.29, 0.717) is 18.3 Å². The SMILES string of the molecule is Nc1c(/N=N/c2ncc[nH]2)c(=O)n2n1CCC2. The molecule has 17 heavy (non-hydrogen) atoms. The number of nitrogens with zero attached hydrogens (tertiary/aromatic N) is 5. The lowest BCUT2D eigenvalue weighted by atomic mass is 10.4. The van der Waals surface area contributed by atoms with Crippen LogP contribution in [0.15, 0.2) is 27.4 Å². The standard InChI is InChI=1S/C9H11N7O/c10-7-6(13-14-9-11-2-3-12-9)8(17)16-5-1-4-15(7)16/h2-3H,1,4-5,10H2,(H,11,12)/b14-13+. The number of aromatic amines is 1. The minimum Gasteiger partial charge on any atom is -0.382 e. The molecule has 0 saturated heterocycles. The maximum Gasteiger partial charge on any atom is 0.296 e. The number of azo groups is 1. The zero-order valence-corrected chi connectivity index (χ0v) is 9.00. The van der Waals surface area contributed by atoms with Gasteiger partial charge in [-0.2, -0.15) is 0 Å². The molecular formula is C9H11N7O. The van der Waals surface area contributed by atoms with Crippen molar-refractivity contribution in [3.8, 4) is 0 Å². The van der Waals surface area contributed by atoms with Crippen molar-refractivity contribution >= 4 is 17.5 Å². The lowest BCUT2D eigenvalue weighted by Crippen LogP contribution is -2.16. The molecule has 1 aliphatic rings. The Morgan fingerprint density at radius 1 is 1.35 bits per heavy atom. The highest BCUT2D eigenvalue weighted by Crippen LogP contribution is 2.23. The highest BCUT2D eigenvalue weighted by atomic mass is 16.1. The Bertz CT molecular complexity index is 619. The van der Waals surface area contributed by atoms with Crippen molar-refractivity contribution in [3.05, 3.63) is 22.7 Å². The summed E-state index contributed by atoms with van der Waals surface area (Å²) in [7, 11) is 0. The molecule has 3 rings (SSSR count). The number of hydrogen-bond acceptors (Lipinski definition) is 5. The molecule has 0 saturated carbocycles. The summed E-state index contributed by atoms with van der Waals surface area (Å²) >= 11 is 0. The van der Waals surface area contributed by atoms with Crippen LogP contribution in [-0.4, -0.2) is 19.3 Å². The van der Waals surface area contributed by atoms with Crippen LogP contribution in [0.4, 0.5) is 17.5 Å². The Morgan fingerprint density at radius 3 is 2.88 bits per heavy atom. The minimum absolute atomic E-state index is 0.182. The van der Waals surface area contributed by atoms with E-state index < -0.39 is 0 Å². The van der Waals surface area contributed by atoms with E-state index >= 15 is 0 Å². The molecule has 8 heteroatoms. The van der Waals surface area contributed by atoms with Crippen molar-refractivity contribution in [1.82, 2.24) is 19.3 Å². The normalized spacial score (nSPS) is 14.6. The average Bonchev–Trinajstić information content (AvgIpc) is 3.01. The molecule has 3 N–H and O–H groups in total. The van der Waals surface area contributed by atoms with E-state index in [1.807, 2.05) is 0 Å². The molecule has 0 fully saturated rings. The number of rotatable bonds is 2. The van der Waals surface area contributed by atoms with Gasteiger partial charge >= 0.3 is 0 Å². The summed E-state index contributed by atoms with van der Waals surface area (Å²) in [5, 5.41) is 7.69. The maximum absolute atomic E-state index is 11.9. The largest absolute Gasteiger partial charge is 0.382 e. The maximum atomic E-state index is 11.9. The second-order valence-electron chi connectivity index (χ2n) is 3.75. The Balaban J connectivity index is 2.02. The topological polar surface area (TPSA) is 106 Å². The monoisotopic (exact) mass is 233 g/mol. The number of nitrogen functional groups attached to an aromatic ring is 1. The number of nitrogens with two attached hydrogens (primary N) is 1. The summed E-state index contributed by atoms with van der Waals surface area (Å²) in [6.45, 7) is 1.43. The van der Waals surface area contributed by atoms with Gasteiger partial charge in [0.05, 0.1) is 0 Å². The Kier molecular flexibility index (Phi) is 2.07. The van der Waals surface area contributed by atoms with Gasteiger partial charge in [-0.15, -0.1) is 10.2 Å². The first-order chi connectivity index (χ1) is 8.27. The van der Waals surface area contributed by atoms with Crippen LogP contribution in [0.25, 0.3) is 0 Å². The number of aromatic nitrogens is 4. The lowest BCUT2D eigenvalue weighted by molar-refractivity contribution is 0.601. The molecule has 0 aromatic carbocycles. The molecular weight excluding hydrogens is 222 g/mol. The number of hydrogen-bond donors (Lipinski definition) is 2. The summed E-state index contributed by atoms with van der Waals surface area (Å²) in [6, 6.07) is 0. The van der Waals surface area contributed by atoms with Gasteiger partial charge in [-0.25, -0.2) is 9.67 Å².